The Hall–Kier alpha value is -4.05. The van der Waals surface area contributed by atoms with E-state index in [4.69, 9.17) is 42.1 Å². The molecule has 0 unspecified atom stereocenters. The minimum absolute atomic E-state index is 0. The number of halogens is 3. The lowest BCUT2D eigenvalue weighted by atomic mass is 10.0. The first kappa shape index (κ1) is 31.5. The van der Waals surface area contributed by atoms with Crippen molar-refractivity contribution in [3.05, 3.63) is 111 Å². The molecule has 216 valence electrons. The standard InChI is InChI=1S/C30H27Cl2FN2O5.H2O/c1-37-21-9-10-26(25(33)13-21)35-15-18-4-6-19(7-5-18)30(36)40-28(14-22-23(31)16-34-17-24(22)32)20-8-11-27(38-2)29(12-20)39-3;/h4-13,16-17,28,35H,14-15H2,1-3H3;1H2/t28-;/m0./s1. The molecule has 4 aromatic rings. The van der Waals surface area contributed by atoms with Crippen molar-refractivity contribution >= 4 is 34.9 Å². The average Bonchev–Trinajstić information content (AvgIpc) is 2.97. The zero-order chi connectivity index (χ0) is 28.6. The number of benzene rings is 3. The molecule has 3 aromatic carbocycles. The largest absolute Gasteiger partial charge is 0.870 e. The Labute approximate surface area is 247 Å². The number of hydrogen-bond acceptors (Lipinski definition) is 7. The Morgan fingerprint density at radius 1 is 0.902 bits per heavy atom. The van der Waals surface area contributed by atoms with Gasteiger partial charge in [-0.15, -0.1) is 0 Å². The van der Waals surface area contributed by atoms with E-state index in [2.05, 4.69) is 10.3 Å². The third-order valence-electron chi connectivity index (χ3n) is 6.26. The number of hydrogen-bond donors (Lipinski definition) is 1. The monoisotopic (exact) mass is 602 g/mol. The van der Waals surface area contributed by atoms with Crippen molar-refractivity contribution in [1.29, 1.82) is 0 Å². The zero-order valence-corrected chi connectivity index (χ0v) is 24.1. The number of carbonyl (C=O) groups excluding carboxylic acids is 1. The van der Waals surface area contributed by atoms with E-state index in [0.29, 0.717) is 56.2 Å². The third kappa shape index (κ3) is 7.79. The number of rotatable bonds is 11. The molecule has 8 nitrogen and oxygen atoms in total. The van der Waals surface area contributed by atoms with Crippen molar-refractivity contribution in [2.45, 2.75) is 19.1 Å². The van der Waals surface area contributed by atoms with Gasteiger partial charge in [0.2, 0.25) is 0 Å². The van der Waals surface area contributed by atoms with Crippen molar-refractivity contribution in [2.24, 2.45) is 0 Å². The fraction of sp³-hybridized carbons (Fsp3) is 0.200. The molecule has 11 heteroatoms. The van der Waals surface area contributed by atoms with E-state index >= 15 is 0 Å². The van der Waals surface area contributed by atoms with E-state index < -0.39 is 17.9 Å². The van der Waals surface area contributed by atoms with Crippen LogP contribution in [0.2, 0.25) is 10.0 Å². The molecule has 1 atom stereocenters. The molecule has 0 fully saturated rings. The van der Waals surface area contributed by atoms with Crippen molar-refractivity contribution in [3.63, 3.8) is 0 Å². The lowest BCUT2D eigenvalue weighted by Gasteiger charge is -2.20. The maximum absolute atomic E-state index is 14.2. The lowest BCUT2D eigenvalue weighted by Crippen LogP contribution is -2.16. The summed E-state index contributed by atoms with van der Waals surface area (Å²) in [6, 6.07) is 16.7. The summed E-state index contributed by atoms with van der Waals surface area (Å²) in [5.41, 5.74) is 2.85. The molecule has 0 bridgehead atoms. The lowest BCUT2D eigenvalue weighted by molar-refractivity contribution is -0.377. The van der Waals surface area contributed by atoms with Gasteiger partial charge in [0.05, 0.1) is 32.6 Å². The molecule has 0 saturated carbocycles. The van der Waals surface area contributed by atoms with Crippen LogP contribution in [0.1, 0.15) is 33.2 Å². The number of ether oxygens (including phenoxy) is 4. The molecule has 0 aliphatic rings. The van der Waals surface area contributed by atoms with Crippen LogP contribution in [0.3, 0.4) is 0 Å². The Bertz CT molecular complexity index is 1470. The van der Waals surface area contributed by atoms with Gasteiger partial charge in [0.15, 0.2) is 23.9 Å². The second kappa shape index (κ2) is 14.5. The topological polar surface area (TPSA) is 110 Å². The van der Waals surface area contributed by atoms with Gasteiger partial charge in [-0.2, -0.15) is 0 Å². The van der Waals surface area contributed by atoms with Gasteiger partial charge in [0.25, 0.3) is 0 Å². The summed E-state index contributed by atoms with van der Waals surface area (Å²) in [6.07, 6.45) is 2.72. The zero-order valence-electron chi connectivity index (χ0n) is 22.5. The van der Waals surface area contributed by atoms with Gasteiger partial charge in [-0.1, -0.05) is 41.4 Å². The van der Waals surface area contributed by atoms with E-state index in [1.165, 1.54) is 20.3 Å². The number of aromatic nitrogens is 1. The second-order valence-electron chi connectivity index (χ2n) is 8.74. The predicted molar refractivity (Wildman–Crippen MR) is 153 cm³/mol. The van der Waals surface area contributed by atoms with Crippen molar-refractivity contribution in [2.75, 3.05) is 26.6 Å². The highest BCUT2D eigenvalue weighted by Gasteiger charge is 2.24. The first-order valence-corrected chi connectivity index (χ1v) is 13.0. The quantitative estimate of drug-likeness (QED) is 0.194. The molecule has 41 heavy (non-hydrogen) atoms. The van der Waals surface area contributed by atoms with Crippen LogP contribution in [0, 0.1) is 5.82 Å². The number of anilines is 1. The van der Waals surface area contributed by atoms with Crippen LogP contribution < -0.4 is 24.5 Å². The Morgan fingerprint density at radius 2 is 1.59 bits per heavy atom. The number of nitrogens with one attached hydrogen (secondary N) is 2. The summed E-state index contributed by atoms with van der Waals surface area (Å²) in [6.45, 7) is 0.356. The number of carbonyl (C=O) groups is 1. The SMILES string of the molecule is COc1ccc(NCc2ccc(C(=O)O[C@@H](Cc3c(Cl)c[nH+]cc3Cl)c3ccc(OC)c(OC)c3)cc2)c(F)c1.[OH-]. The van der Waals surface area contributed by atoms with Gasteiger partial charge >= 0.3 is 5.97 Å². The molecule has 0 aliphatic heterocycles. The summed E-state index contributed by atoms with van der Waals surface area (Å²) in [5.74, 6) is 0.519. The molecule has 0 radical (unpaired) electrons. The summed E-state index contributed by atoms with van der Waals surface area (Å²) in [4.78, 5) is 16.1. The summed E-state index contributed by atoms with van der Waals surface area (Å²) in [5, 5.41) is 3.88. The highest BCUT2D eigenvalue weighted by molar-refractivity contribution is 6.35. The normalized spacial score (nSPS) is 11.2. The van der Waals surface area contributed by atoms with E-state index in [1.54, 1.807) is 74.1 Å². The van der Waals surface area contributed by atoms with E-state index in [1.807, 2.05) is 0 Å². The molecule has 0 aliphatic carbocycles. The number of H-pyrrole nitrogens is 1. The highest BCUT2D eigenvalue weighted by Crippen LogP contribution is 2.35. The van der Waals surface area contributed by atoms with Crippen LogP contribution in [0.4, 0.5) is 10.1 Å². The molecule has 0 saturated heterocycles. The maximum atomic E-state index is 14.2. The molecule has 4 rings (SSSR count). The van der Waals surface area contributed by atoms with Crippen molar-refractivity contribution < 1.29 is 38.6 Å². The smallest absolute Gasteiger partial charge is 0.338 e. The molecule has 1 heterocycles. The summed E-state index contributed by atoms with van der Waals surface area (Å²) < 4.78 is 36.0. The fourth-order valence-electron chi connectivity index (χ4n) is 4.06. The van der Waals surface area contributed by atoms with E-state index in [0.717, 1.165) is 5.56 Å². The Morgan fingerprint density at radius 3 is 2.20 bits per heavy atom. The van der Waals surface area contributed by atoms with Gasteiger partial charge in [0.1, 0.15) is 27.7 Å². The molecular formula is C30H29Cl2FN2O6. The molecular weight excluding hydrogens is 574 g/mol. The number of methoxy groups -OCH3 is 3. The highest BCUT2D eigenvalue weighted by atomic mass is 35.5. The minimum Gasteiger partial charge on any atom is -0.870 e. The van der Waals surface area contributed by atoms with E-state index in [-0.39, 0.29) is 11.9 Å². The summed E-state index contributed by atoms with van der Waals surface area (Å²) >= 11 is 12.8. The maximum Gasteiger partial charge on any atom is 0.338 e. The average molecular weight is 603 g/mol. The van der Waals surface area contributed by atoms with Crippen LogP contribution in [0.25, 0.3) is 0 Å². The number of pyridine rings is 1. The number of esters is 1. The van der Waals surface area contributed by atoms with Gasteiger partial charge < -0.3 is 29.7 Å². The predicted octanol–water partition coefficient (Wildman–Crippen LogP) is 6.55. The van der Waals surface area contributed by atoms with Gasteiger partial charge in [-0.05, 0) is 47.5 Å². The van der Waals surface area contributed by atoms with Crippen LogP contribution >= 0.6 is 23.2 Å². The van der Waals surface area contributed by atoms with Gasteiger partial charge in [-0.3, -0.25) is 0 Å². The van der Waals surface area contributed by atoms with Crippen LogP contribution in [0.5, 0.6) is 17.2 Å². The Balaban J connectivity index is 0.00000462. The minimum atomic E-state index is -0.732. The molecule has 3 N–H and O–H groups in total. The second-order valence-corrected chi connectivity index (χ2v) is 9.55. The number of aromatic amines is 1. The van der Waals surface area contributed by atoms with Crippen molar-refractivity contribution in [3.8, 4) is 17.2 Å². The Kier molecular flexibility index (Phi) is 11.2. The van der Waals surface area contributed by atoms with Crippen LogP contribution in [-0.2, 0) is 17.7 Å². The first-order valence-electron chi connectivity index (χ1n) is 12.3. The van der Waals surface area contributed by atoms with Crippen molar-refractivity contribution in [1.82, 2.24) is 0 Å². The van der Waals surface area contributed by atoms with E-state index in [9.17, 15) is 9.18 Å². The first-order chi connectivity index (χ1) is 19.3. The van der Waals surface area contributed by atoms with Gasteiger partial charge in [-0.25, -0.2) is 14.2 Å². The molecule has 1 aromatic heterocycles. The van der Waals surface area contributed by atoms with Gasteiger partial charge in [0, 0.05) is 24.6 Å². The summed E-state index contributed by atoms with van der Waals surface area (Å²) in [7, 11) is 4.56. The fourth-order valence-corrected chi connectivity index (χ4v) is 4.59. The van der Waals surface area contributed by atoms with Crippen LogP contribution in [0.15, 0.2) is 73.1 Å². The van der Waals surface area contributed by atoms with Crippen LogP contribution in [-0.4, -0.2) is 32.8 Å². The molecule has 0 spiro atoms. The third-order valence-corrected chi connectivity index (χ3v) is 6.94. The molecule has 0 amide bonds.